The molecule has 128 valence electrons. The smallest absolute Gasteiger partial charge is 0.257 e. The standard InChI is InChI=1S/C16H20N4O3S/c1-16(2,3)15-17-9-11(10-18-15)19-14(21)12-7-5-6-8-13(12)20-24(4,22)23/h5-10,20H,1-4H3,(H,19,21). The maximum Gasteiger partial charge on any atom is 0.257 e. The minimum absolute atomic E-state index is 0.186. The summed E-state index contributed by atoms with van der Waals surface area (Å²) in [5, 5.41) is 2.66. The molecule has 0 saturated heterocycles. The highest BCUT2D eigenvalue weighted by molar-refractivity contribution is 7.92. The summed E-state index contributed by atoms with van der Waals surface area (Å²) in [6.45, 7) is 5.98. The van der Waals surface area contributed by atoms with Crippen molar-refractivity contribution in [3.63, 3.8) is 0 Å². The summed E-state index contributed by atoms with van der Waals surface area (Å²) in [6.07, 6.45) is 4.08. The van der Waals surface area contributed by atoms with E-state index in [-0.39, 0.29) is 16.7 Å². The molecule has 0 radical (unpaired) electrons. The Morgan fingerprint density at radius 1 is 1.08 bits per heavy atom. The molecule has 0 aliphatic carbocycles. The zero-order valence-electron chi connectivity index (χ0n) is 14.0. The van der Waals surface area contributed by atoms with Gasteiger partial charge in [-0.2, -0.15) is 0 Å². The molecule has 0 saturated carbocycles. The van der Waals surface area contributed by atoms with E-state index < -0.39 is 15.9 Å². The lowest BCUT2D eigenvalue weighted by Crippen LogP contribution is -2.19. The van der Waals surface area contributed by atoms with Crippen LogP contribution in [0, 0.1) is 0 Å². The van der Waals surface area contributed by atoms with Crippen LogP contribution >= 0.6 is 0 Å². The first kappa shape index (κ1) is 17.9. The predicted octanol–water partition coefficient (Wildman–Crippen LogP) is 2.40. The molecule has 1 aromatic carbocycles. The molecule has 0 bridgehead atoms. The SMILES string of the molecule is CC(C)(C)c1ncc(NC(=O)c2ccccc2NS(C)(=O)=O)cn1. The van der Waals surface area contributed by atoms with Crippen molar-refractivity contribution in [1.82, 2.24) is 9.97 Å². The largest absolute Gasteiger partial charge is 0.319 e. The van der Waals surface area contributed by atoms with Gasteiger partial charge in [-0.3, -0.25) is 9.52 Å². The van der Waals surface area contributed by atoms with Gasteiger partial charge in [0.15, 0.2) is 0 Å². The summed E-state index contributed by atoms with van der Waals surface area (Å²) in [6, 6.07) is 6.36. The van der Waals surface area contributed by atoms with E-state index >= 15 is 0 Å². The van der Waals surface area contributed by atoms with Crippen LogP contribution in [0.5, 0.6) is 0 Å². The van der Waals surface area contributed by atoms with Crippen molar-refractivity contribution in [2.75, 3.05) is 16.3 Å². The summed E-state index contributed by atoms with van der Waals surface area (Å²) < 4.78 is 25.1. The molecular formula is C16H20N4O3S. The van der Waals surface area contributed by atoms with E-state index in [9.17, 15) is 13.2 Å². The number of para-hydroxylation sites is 1. The van der Waals surface area contributed by atoms with E-state index in [1.807, 2.05) is 20.8 Å². The third kappa shape index (κ3) is 4.76. The Hall–Kier alpha value is -2.48. The van der Waals surface area contributed by atoms with Crippen molar-refractivity contribution in [1.29, 1.82) is 0 Å². The number of nitrogens with zero attached hydrogens (tertiary/aromatic N) is 2. The molecule has 1 aromatic heterocycles. The average Bonchev–Trinajstić information content (AvgIpc) is 2.45. The van der Waals surface area contributed by atoms with Crippen molar-refractivity contribution < 1.29 is 13.2 Å². The van der Waals surface area contributed by atoms with E-state index in [0.717, 1.165) is 6.26 Å². The summed E-state index contributed by atoms with van der Waals surface area (Å²) in [5.41, 5.74) is 0.670. The summed E-state index contributed by atoms with van der Waals surface area (Å²) in [7, 11) is -3.48. The Morgan fingerprint density at radius 2 is 1.67 bits per heavy atom. The third-order valence-corrected chi connectivity index (χ3v) is 3.64. The molecular weight excluding hydrogens is 328 g/mol. The van der Waals surface area contributed by atoms with Crippen LogP contribution in [0.2, 0.25) is 0 Å². The van der Waals surface area contributed by atoms with Crippen LogP contribution in [0.1, 0.15) is 37.0 Å². The molecule has 0 fully saturated rings. The number of carbonyl (C=O) groups is 1. The fourth-order valence-electron chi connectivity index (χ4n) is 1.95. The van der Waals surface area contributed by atoms with Gasteiger partial charge in [-0.15, -0.1) is 0 Å². The van der Waals surface area contributed by atoms with Gasteiger partial charge in [0.1, 0.15) is 5.82 Å². The maximum absolute atomic E-state index is 12.4. The van der Waals surface area contributed by atoms with Gasteiger partial charge in [0, 0.05) is 5.41 Å². The molecule has 2 rings (SSSR count). The van der Waals surface area contributed by atoms with Crippen LogP contribution in [0.4, 0.5) is 11.4 Å². The van der Waals surface area contributed by atoms with Crippen LogP contribution in [-0.2, 0) is 15.4 Å². The van der Waals surface area contributed by atoms with E-state index in [0.29, 0.717) is 11.5 Å². The topological polar surface area (TPSA) is 101 Å². The molecule has 8 heteroatoms. The molecule has 0 atom stereocenters. The molecule has 2 N–H and O–H groups in total. The number of aromatic nitrogens is 2. The van der Waals surface area contributed by atoms with Gasteiger partial charge in [0.2, 0.25) is 10.0 Å². The van der Waals surface area contributed by atoms with Crippen molar-refractivity contribution in [2.24, 2.45) is 0 Å². The third-order valence-electron chi connectivity index (χ3n) is 3.05. The minimum Gasteiger partial charge on any atom is -0.319 e. The zero-order chi connectivity index (χ0) is 18.0. The highest BCUT2D eigenvalue weighted by atomic mass is 32.2. The second kappa shape index (κ2) is 6.56. The molecule has 0 aliphatic heterocycles. The Balaban J connectivity index is 2.22. The fraction of sp³-hybridized carbons (Fsp3) is 0.312. The lowest BCUT2D eigenvalue weighted by Gasteiger charge is -2.16. The normalized spacial score (nSPS) is 11.8. The number of nitrogens with one attached hydrogen (secondary N) is 2. The van der Waals surface area contributed by atoms with Gasteiger partial charge in [0.05, 0.1) is 35.6 Å². The van der Waals surface area contributed by atoms with Crippen LogP contribution in [0.3, 0.4) is 0 Å². The number of carbonyl (C=O) groups excluding carboxylic acids is 1. The number of hydrogen-bond donors (Lipinski definition) is 2. The van der Waals surface area contributed by atoms with Crippen LogP contribution in [-0.4, -0.2) is 30.5 Å². The number of benzene rings is 1. The number of rotatable bonds is 4. The molecule has 0 spiro atoms. The van der Waals surface area contributed by atoms with Crippen LogP contribution in [0.25, 0.3) is 0 Å². The number of anilines is 2. The number of hydrogen-bond acceptors (Lipinski definition) is 5. The van der Waals surface area contributed by atoms with E-state index in [2.05, 4.69) is 20.0 Å². The first-order chi connectivity index (χ1) is 11.1. The van der Waals surface area contributed by atoms with Crippen LogP contribution < -0.4 is 10.0 Å². The monoisotopic (exact) mass is 348 g/mol. The zero-order valence-corrected chi connectivity index (χ0v) is 14.8. The lowest BCUT2D eigenvalue weighted by atomic mass is 9.96. The van der Waals surface area contributed by atoms with Gasteiger partial charge in [-0.25, -0.2) is 18.4 Å². The highest BCUT2D eigenvalue weighted by Crippen LogP contribution is 2.20. The Bertz CT molecular complexity index is 840. The summed E-state index contributed by atoms with van der Waals surface area (Å²) in [5.74, 6) is 0.216. The van der Waals surface area contributed by atoms with Gasteiger partial charge in [-0.1, -0.05) is 32.9 Å². The highest BCUT2D eigenvalue weighted by Gasteiger charge is 2.18. The van der Waals surface area contributed by atoms with Crippen molar-refractivity contribution >= 4 is 27.3 Å². The average molecular weight is 348 g/mol. The van der Waals surface area contributed by atoms with E-state index in [4.69, 9.17) is 0 Å². The molecule has 24 heavy (non-hydrogen) atoms. The number of amides is 1. The Labute approximate surface area is 141 Å². The fourth-order valence-corrected chi connectivity index (χ4v) is 2.53. The summed E-state index contributed by atoms with van der Waals surface area (Å²) in [4.78, 5) is 20.9. The van der Waals surface area contributed by atoms with Gasteiger partial charge >= 0.3 is 0 Å². The van der Waals surface area contributed by atoms with Gasteiger partial charge in [0.25, 0.3) is 5.91 Å². The molecule has 0 unspecified atom stereocenters. The molecule has 0 aliphatic rings. The Morgan fingerprint density at radius 3 is 2.21 bits per heavy atom. The maximum atomic E-state index is 12.4. The minimum atomic E-state index is -3.48. The molecule has 1 heterocycles. The van der Waals surface area contributed by atoms with Crippen molar-refractivity contribution in [3.8, 4) is 0 Å². The van der Waals surface area contributed by atoms with Gasteiger partial charge in [-0.05, 0) is 12.1 Å². The Kier molecular flexibility index (Phi) is 4.88. The molecule has 7 nitrogen and oxygen atoms in total. The van der Waals surface area contributed by atoms with Gasteiger partial charge < -0.3 is 5.32 Å². The second-order valence-electron chi connectivity index (χ2n) is 6.42. The predicted molar refractivity (Wildman–Crippen MR) is 93.6 cm³/mol. The first-order valence-corrected chi connectivity index (χ1v) is 9.16. The second-order valence-corrected chi connectivity index (χ2v) is 8.17. The van der Waals surface area contributed by atoms with E-state index in [1.54, 1.807) is 12.1 Å². The van der Waals surface area contributed by atoms with Crippen molar-refractivity contribution in [3.05, 3.63) is 48.0 Å². The summed E-state index contributed by atoms with van der Waals surface area (Å²) >= 11 is 0. The molecule has 1 amide bonds. The first-order valence-electron chi connectivity index (χ1n) is 7.27. The van der Waals surface area contributed by atoms with Crippen LogP contribution in [0.15, 0.2) is 36.7 Å². The van der Waals surface area contributed by atoms with Crippen molar-refractivity contribution in [2.45, 2.75) is 26.2 Å². The lowest BCUT2D eigenvalue weighted by molar-refractivity contribution is 0.102. The molecule has 2 aromatic rings. The number of sulfonamides is 1. The quantitative estimate of drug-likeness (QED) is 0.883. The van der Waals surface area contributed by atoms with E-state index in [1.165, 1.54) is 24.5 Å².